The number of nitriles is 1. The Morgan fingerprint density at radius 2 is 1.93 bits per heavy atom. The molecule has 10 nitrogen and oxygen atoms in total. The van der Waals surface area contributed by atoms with Gasteiger partial charge in [0.2, 0.25) is 0 Å². The largest absolute Gasteiger partial charge is 0.444 e. The molecule has 40 heavy (non-hydrogen) atoms. The molecule has 2 N–H and O–H groups in total. The summed E-state index contributed by atoms with van der Waals surface area (Å²) in [6.45, 7) is 9.79. The highest BCUT2D eigenvalue weighted by Crippen LogP contribution is 2.39. The molecule has 0 aliphatic heterocycles. The fraction of sp³-hybridized carbons (Fsp3) is 0.448. The van der Waals surface area contributed by atoms with Gasteiger partial charge in [0.1, 0.15) is 16.7 Å². The lowest BCUT2D eigenvalue weighted by atomic mass is 9.86. The first-order chi connectivity index (χ1) is 19.1. The first-order valence-corrected chi connectivity index (χ1v) is 14.4. The number of pyridine rings is 1. The molecule has 1 aliphatic rings. The predicted molar refractivity (Wildman–Crippen MR) is 155 cm³/mol. The predicted octanol–water partition coefficient (Wildman–Crippen LogP) is 6.16. The second-order valence-electron chi connectivity index (χ2n) is 11.5. The third kappa shape index (κ3) is 6.23. The molecule has 4 aromatic rings. The lowest BCUT2D eigenvalue weighted by Gasteiger charge is -2.29. The van der Waals surface area contributed by atoms with Crippen molar-refractivity contribution in [2.45, 2.75) is 83.9 Å². The molecule has 1 amide bonds. The summed E-state index contributed by atoms with van der Waals surface area (Å²) in [5.74, 6) is 0.313. The van der Waals surface area contributed by atoms with Gasteiger partial charge in [-0.25, -0.2) is 9.31 Å². The van der Waals surface area contributed by atoms with E-state index in [9.17, 15) is 10.1 Å². The third-order valence-corrected chi connectivity index (χ3v) is 7.83. The minimum Gasteiger partial charge on any atom is -0.444 e. The van der Waals surface area contributed by atoms with E-state index in [0.717, 1.165) is 63.9 Å². The fourth-order valence-corrected chi connectivity index (χ4v) is 5.95. The normalized spacial score (nSPS) is 17.5. The van der Waals surface area contributed by atoms with E-state index >= 15 is 0 Å². The van der Waals surface area contributed by atoms with E-state index < -0.39 is 5.60 Å². The molecule has 0 unspecified atom stereocenters. The van der Waals surface area contributed by atoms with E-state index in [1.165, 1.54) is 0 Å². The summed E-state index contributed by atoms with van der Waals surface area (Å²) < 4.78 is 7.20. The zero-order valence-corrected chi connectivity index (χ0v) is 24.2. The number of nitrogens with one attached hydrogen (secondary N) is 2. The molecule has 0 aromatic carbocycles. The Bertz CT molecular complexity index is 1550. The highest BCUT2D eigenvalue weighted by Gasteiger charge is 2.28. The number of nitrogens with zero attached hydrogens (tertiary/aromatic N) is 6. The quantitative estimate of drug-likeness (QED) is 0.288. The standard InChI is InChI=1S/C29H34N8O2S/c1-17(2)33-23-13-24(25-11-10-21-12-18(14-30)15-32-37(21)25)31-16-22(23)27-36-35-26(40-27)19-6-8-20(9-7-19)34-28(38)39-29(3,4)5/h10-13,15-17,19-20H,6-9H2,1-5H3,(H,31,33)(H,34,38)/t19-,20-. The van der Waals surface area contributed by atoms with E-state index in [2.05, 4.69) is 45.8 Å². The number of fused-ring (bicyclic) bond motifs is 1. The maximum atomic E-state index is 12.2. The topological polar surface area (TPSA) is 130 Å². The molecule has 0 bridgehead atoms. The van der Waals surface area contributed by atoms with Gasteiger partial charge in [0, 0.05) is 29.9 Å². The van der Waals surface area contributed by atoms with Crippen LogP contribution in [-0.4, -0.2) is 48.6 Å². The number of hydrogen-bond donors (Lipinski definition) is 2. The number of alkyl carbamates (subject to hydrolysis) is 1. The van der Waals surface area contributed by atoms with Crippen LogP contribution in [0.3, 0.4) is 0 Å². The third-order valence-electron chi connectivity index (χ3n) is 6.71. The van der Waals surface area contributed by atoms with E-state index in [4.69, 9.17) is 9.72 Å². The van der Waals surface area contributed by atoms with Crippen molar-refractivity contribution in [3.8, 4) is 28.0 Å². The molecular weight excluding hydrogens is 524 g/mol. The molecule has 4 aromatic heterocycles. The smallest absolute Gasteiger partial charge is 0.407 e. The van der Waals surface area contributed by atoms with Crippen molar-refractivity contribution < 1.29 is 9.53 Å². The van der Waals surface area contributed by atoms with Crippen molar-refractivity contribution in [3.05, 3.63) is 47.2 Å². The average molecular weight is 559 g/mol. The van der Waals surface area contributed by atoms with Crippen LogP contribution < -0.4 is 10.6 Å². The molecule has 0 saturated heterocycles. The Labute approximate surface area is 237 Å². The van der Waals surface area contributed by atoms with Crippen molar-refractivity contribution >= 4 is 28.6 Å². The van der Waals surface area contributed by atoms with Gasteiger partial charge in [0.05, 0.1) is 34.2 Å². The summed E-state index contributed by atoms with van der Waals surface area (Å²) >= 11 is 1.60. The van der Waals surface area contributed by atoms with Gasteiger partial charge in [-0.3, -0.25) is 4.98 Å². The van der Waals surface area contributed by atoms with Gasteiger partial charge in [-0.2, -0.15) is 10.4 Å². The molecule has 4 heterocycles. The zero-order chi connectivity index (χ0) is 28.4. The number of carbonyl (C=O) groups is 1. The maximum Gasteiger partial charge on any atom is 0.407 e. The molecule has 1 aliphatic carbocycles. The maximum absolute atomic E-state index is 12.2. The molecule has 5 rings (SSSR count). The van der Waals surface area contributed by atoms with E-state index in [1.807, 2.05) is 51.2 Å². The van der Waals surface area contributed by atoms with Gasteiger partial charge in [-0.1, -0.05) is 11.3 Å². The number of anilines is 1. The molecule has 208 valence electrons. The molecule has 0 atom stereocenters. The highest BCUT2D eigenvalue weighted by atomic mass is 32.1. The minimum atomic E-state index is -0.505. The molecular formula is C29H34N8O2S. The van der Waals surface area contributed by atoms with Crippen molar-refractivity contribution in [2.24, 2.45) is 0 Å². The van der Waals surface area contributed by atoms with Crippen LogP contribution in [0.1, 0.15) is 76.8 Å². The van der Waals surface area contributed by atoms with Crippen LogP contribution in [0.4, 0.5) is 10.5 Å². The van der Waals surface area contributed by atoms with E-state index in [0.29, 0.717) is 11.5 Å². The number of hydrogen-bond acceptors (Lipinski definition) is 9. The Kier molecular flexibility index (Phi) is 7.72. The second-order valence-corrected chi connectivity index (χ2v) is 12.5. The summed E-state index contributed by atoms with van der Waals surface area (Å²) in [4.78, 5) is 16.9. The fourth-order valence-electron chi connectivity index (χ4n) is 4.92. The van der Waals surface area contributed by atoms with Gasteiger partial charge in [-0.15, -0.1) is 10.2 Å². The Balaban J connectivity index is 1.33. The van der Waals surface area contributed by atoms with Crippen molar-refractivity contribution in [3.63, 3.8) is 0 Å². The van der Waals surface area contributed by atoms with Crippen LogP contribution in [0.5, 0.6) is 0 Å². The number of ether oxygens (including phenoxy) is 1. The summed E-state index contributed by atoms with van der Waals surface area (Å²) in [6, 6.07) is 10.2. The zero-order valence-electron chi connectivity index (χ0n) is 23.4. The Hall–Kier alpha value is -4.04. The minimum absolute atomic E-state index is 0.114. The van der Waals surface area contributed by atoms with Crippen LogP contribution in [0.2, 0.25) is 0 Å². The summed E-state index contributed by atoms with van der Waals surface area (Å²) in [5.41, 5.74) is 4.29. The van der Waals surface area contributed by atoms with Crippen LogP contribution in [0.25, 0.3) is 27.5 Å². The Morgan fingerprint density at radius 1 is 1.15 bits per heavy atom. The van der Waals surface area contributed by atoms with E-state index in [1.54, 1.807) is 22.0 Å². The van der Waals surface area contributed by atoms with Crippen molar-refractivity contribution in [1.82, 2.24) is 30.1 Å². The Morgan fingerprint density at radius 3 is 2.62 bits per heavy atom. The second kappa shape index (κ2) is 11.2. The van der Waals surface area contributed by atoms with Gasteiger partial charge >= 0.3 is 6.09 Å². The summed E-state index contributed by atoms with van der Waals surface area (Å²) in [5, 5.41) is 31.1. The highest BCUT2D eigenvalue weighted by molar-refractivity contribution is 7.14. The van der Waals surface area contributed by atoms with Crippen LogP contribution in [0.15, 0.2) is 36.7 Å². The van der Waals surface area contributed by atoms with Crippen molar-refractivity contribution in [1.29, 1.82) is 5.26 Å². The van der Waals surface area contributed by atoms with Crippen molar-refractivity contribution in [2.75, 3.05) is 5.32 Å². The number of aromatic nitrogens is 5. The van der Waals surface area contributed by atoms with Gasteiger partial charge in [0.15, 0.2) is 5.01 Å². The SMILES string of the molecule is CC(C)Nc1cc(-c2ccc3cc(C#N)cnn23)ncc1-c1nnc([C@H]2CC[C@H](NC(=O)OC(C)(C)C)CC2)s1. The summed E-state index contributed by atoms with van der Waals surface area (Å²) in [6.07, 6.45) is 6.67. The van der Waals surface area contributed by atoms with Gasteiger partial charge < -0.3 is 15.4 Å². The molecule has 1 saturated carbocycles. The number of amides is 1. The van der Waals surface area contributed by atoms with Gasteiger partial charge in [-0.05, 0) is 84.6 Å². The molecule has 1 fully saturated rings. The molecule has 0 radical (unpaired) electrons. The van der Waals surface area contributed by atoms with Crippen LogP contribution in [-0.2, 0) is 4.74 Å². The number of carbonyl (C=O) groups excluding carboxylic acids is 1. The van der Waals surface area contributed by atoms with Gasteiger partial charge in [0.25, 0.3) is 0 Å². The average Bonchev–Trinajstić information content (AvgIpc) is 3.55. The summed E-state index contributed by atoms with van der Waals surface area (Å²) in [7, 11) is 0. The lowest BCUT2D eigenvalue weighted by molar-refractivity contribution is 0.0491. The van der Waals surface area contributed by atoms with Crippen LogP contribution in [0, 0.1) is 11.3 Å². The molecule has 11 heteroatoms. The lowest BCUT2D eigenvalue weighted by Crippen LogP contribution is -2.40. The first-order valence-electron chi connectivity index (χ1n) is 13.6. The first kappa shape index (κ1) is 27.5. The number of rotatable bonds is 6. The monoisotopic (exact) mass is 558 g/mol. The van der Waals surface area contributed by atoms with E-state index in [-0.39, 0.29) is 18.2 Å². The molecule has 0 spiro atoms. The van der Waals surface area contributed by atoms with Crippen LogP contribution >= 0.6 is 11.3 Å².